The van der Waals surface area contributed by atoms with Gasteiger partial charge >= 0.3 is 6.03 Å². The number of carbonyl (C=O) groups excluding carboxylic acids is 3. The van der Waals surface area contributed by atoms with Crippen molar-refractivity contribution in [2.45, 2.75) is 95.5 Å². The molecule has 10 nitrogen and oxygen atoms in total. The number of fused-ring (bicyclic) bond motifs is 4. The van der Waals surface area contributed by atoms with E-state index >= 15 is 0 Å². The monoisotopic (exact) mass is 569 g/mol. The van der Waals surface area contributed by atoms with Gasteiger partial charge in [-0.2, -0.15) is 0 Å². The Morgan fingerprint density at radius 1 is 1.05 bits per heavy atom. The molecule has 0 radical (unpaired) electrons. The lowest BCUT2D eigenvalue weighted by molar-refractivity contribution is -0.130. The second kappa shape index (κ2) is 13.9. The molecule has 0 spiro atoms. The first kappa shape index (κ1) is 29.6. The molecule has 10 heteroatoms. The lowest BCUT2D eigenvalue weighted by atomic mass is 9.88. The van der Waals surface area contributed by atoms with Gasteiger partial charge in [-0.05, 0) is 57.6 Å². The Bertz CT molecular complexity index is 1060. The zero-order valence-corrected chi connectivity index (χ0v) is 24.6. The zero-order chi connectivity index (χ0) is 28.8. The van der Waals surface area contributed by atoms with E-state index in [0.29, 0.717) is 43.3 Å². The number of benzene rings is 1. The van der Waals surface area contributed by atoms with Gasteiger partial charge < -0.3 is 30.3 Å². The molecule has 0 aromatic heterocycles. The standard InChI is InChI=1S/C31H47N5O5/c1-21(2)33-31(39)34-25-13-12-23-14-17-40-27-11-7-6-10-24(27)30(38)36-16-15-35(19-22-8-4-3-5-9-22)20-26(36)29(37)32-18-28(25)41-23/h6-7,10-11,21-23,25-26,28H,3-5,8-9,12-20H2,1-2H3,(H,32,37)(H2,33,34,39)/t23-,25+,26-,28+/m0/s1. The number of nitrogens with zero attached hydrogens (tertiary/aromatic N) is 2. The normalized spacial score (nSPS) is 28.5. The molecule has 2 bridgehead atoms. The Morgan fingerprint density at radius 2 is 1.85 bits per heavy atom. The van der Waals surface area contributed by atoms with Crippen molar-refractivity contribution in [3.05, 3.63) is 29.8 Å². The van der Waals surface area contributed by atoms with E-state index in [0.717, 1.165) is 25.9 Å². The van der Waals surface area contributed by atoms with Crippen LogP contribution in [0.25, 0.3) is 0 Å². The fourth-order valence-electron chi connectivity index (χ4n) is 6.75. The molecular formula is C31H47N5O5. The highest BCUT2D eigenvalue weighted by Gasteiger charge is 2.39. The summed E-state index contributed by atoms with van der Waals surface area (Å²) < 4.78 is 12.6. The second-order valence-electron chi connectivity index (χ2n) is 12.4. The summed E-state index contributed by atoms with van der Waals surface area (Å²) in [4.78, 5) is 44.3. The van der Waals surface area contributed by atoms with Crippen LogP contribution in [-0.4, -0.2) is 97.3 Å². The number of para-hydroxylation sites is 1. The fourth-order valence-corrected chi connectivity index (χ4v) is 6.75. The van der Waals surface area contributed by atoms with Gasteiger partial charge in [-0.1, -0.05) is 31.4 Å². The zero-order valence-electron chi connectivity index (χ0n) is 24.6. The van der Waals surface area contributed by atoms with Gasteiger partial charge in [-0.15, -0.1) is 0 Å². The smallest absolute Gasteiger partial charge is 0.315 e. The topological polar surface area (TPSA) is 112 Å². The molecule has 3 fully saturated rings. The minimum atomic E-state index is -0.620. The van der Waals surface area contributed by atoms with E-state index in [1.165, 1.54) is 32.1 Å². The predicted octanol–water partition coefficient (Wildman–Crippen LogP) is 2.92. The number of ether oxygens (including phenoxy) is 2. The van der Waals surface area contributed by atoms with Gasteiger partial charge in [0, 0.05) is 45.2 Å². The van der Waals surface area contributed by atoms with Gasteiger partial charge in [0.2, 0.25) is 5.91 Å². The number of hydrogen-bond donors (Lipinski definition) is 3. The van der Waals surface area contributed by atoms with Gasteiger partial charge in [0.05, 0.1) is 30.4 Å². The highest BCUT2D eigenvalue weighted by molar-refractivity contribution is 6.00. The van der Waals surface area contributed by atoms with E-state index in [4.69, 9.17) is 9.47 Å². The number of urea groups is 1. The van der Waals surface area contributed by atoms with Crippen LogP contribution in [0.3, 0.4) is 0 Å². The van der Waals surface area contributed by atoms with Crippen molar-refractivity contribution in [3.63, 3.8) is 0 Å². The number of rotatable bonds is 4. The molecule has 4 atom stereocenters. The first-order valence-electron chi connectivity index (χ1n) is 15.6. The number of hydrogen-bond acceptors (Lipinski definition) is 6. The van der Waals surface area contributed by atoms with Crippen LogP contribution < -0.4 is 20.7 Å². The highest BCUT2D eigenvalue weighted by atomic mass is 16.5. The van der Waals surface area contributed by atoms with Crippen molar-refractivity contribution in [3.8, 4) is 5.75 Å². The Balaban J connectivity index is 1.36. The summed E-state index contributed by atoms with van der Waals surface area (Å²) in [5.74, 6) is 0.837. The number of amides is 4. The molecule has 41 heavy (non-hydrogen) atoms. The maximum absolute atomic E-state index is 13.9. The van der Waals surface area contributed by atoms with Crippen molar-refractivity contribution in [1.82, 2.24) is 25.8 Å². The van der Waals surface area contributed by atoms with Gasteiger partial charge in [0.25, 0.3) is 5.91 Å². The van der Waals surface area contributed by atoms with Gasteiger partial charge in [-0.3, -0.25) is 14.5 Å². The van der Waals surface area contributed by atoms with Crippen molar-refractivity contribution < 1.29 is 23.9 Å². The van der Waals surface area contributed by atoms with Crippen LogP contribution in [0.2, 0.25) is 0 Å². The third-order valence-corrected chi connectivity index (χ3v) is 8.91. The molecule has 4 amide bonds. The van der Waals surface area contributed by atoms with Gasteiger partial charge in [0.1, 0.15) is 11.8 Å². The molecule has 4 aliphatic rings. The molecule has 1 aromatic rings. The van der Waals surface area contributed by atoms with Crippen molar-refractivity contribution in [2.75, 3.05) is 39.3 Å². The van der Waals surface area contributed by atoms with Crippen molar-refractivity contribution >= 4 is 17.8 Å². The maximum Gasteiger partial charge on any atom is 0.315 e. The van der Waals surface area contributed by atoms with E-state index in [9.17, 15) is 14.4 Å². The Morgan fingerprint density at radius 3 is 2.66 bits per heavy atom. The molecule has 3 N–H and O–H groups in total. The van der Waals surface area contributed by atoms with Crippen LogP contribution in [0.1, 0.15) is 75.6 Å². The van der Waals surface area contributed by atoms with Gasteiger partial charge in [-0.25, -0.2) is 4.79 Å². The van der Waals surface area contributed by atoms with Crippen LogP contribution in [0.4, 0.5) is 4.79 Å². The second-order valence-corrected chi connectivity index (χ2v) is 12.4. The molecule has 3 heterocycles. The molecule has 1 aliphatic carbocycles. The third-order valence-electron chi connectivity index (χ3n) is 8.91. The summed E-state index contributed by atoms with van der Waals surface area (Å²) in [6.07, 6.45) is 8.06. The Hall–Kier alpha value is -2.85. The number of nitrogens with one attached hydrogen (secondary N) is 3. The number of piperazine rings is 1. The molecule has 3 aliphatic heterocycles. The van der Waals surface area contributed by atoms with Crippen molar-refractivity contribution in [2.24, 2.45) is 5.92 Å². The van der Waals surface area contributed by atoms with E-state index in [-0.39, 0.29) is 48.7 Å². The van der Waals surface area contributed by atoms with E-state index < -0.39 is 6.04 Å². The van der Waals surface area contributed by atoms with E-state index in [1.54, 1.807) is 11.0 Å². The average Bonchev–Trinajstić information content (AvgIpc) is 2.96. The fraction of sp³-hybridized carbons (Fsp3) is 0.710. The molecule has 226 valence electrons. The van der Waals surface area contributed by atoms with E-state index in [2.05, 4.69) is 20.9 Å². The van der Waals surface area contributed by atoms with Crippen LogP contribution in [0.5, 0.6) is 5.75 Å². The van der Waals surface area contributed by atoms with Crippen LogP contribution in [-0.2, 0) is 9.53 Å². The Kier molecular flexibility index (Phi) is 10.0. The largest absolute Gasteiger partial charge is 0.493 e. The number of carbonyl (C=O) groups is 3. The minimum Gasteiger partial charge on any atom is -0.493 e. The van der Waals surface area contributed by atoms with Crippen LogP contribution in [0.15, 0.2) is 24.3 Å². The van der Waals surface area contributed by atoms with Crippen molar-refractivity contribution in [1.29, 1.82) is 0 Å². The summed E-state index contributed by atoms with van der Waals surface area (Å²) in [6, 6.07) is 6.26. The molecule has 0 unspecified atom stereocenters. The first-order valence-corrected chi connectivity index (χ1v) is 15.6. The third kappa shape index (κ3) is 7.71. The van der Waals surface area contributed by atoms with E-state index in [1.807, 2.05) is 32.0 Å². The summed E-state index contributed by atoms with van der Waals surface area (Å²) in [6.45, 7) is 7.22. The lowest BCUT2D eigenvalue weighted by Gasteiger charge is -2.43. The molecule has 5 rings (SSSR count). The summed E-state index contributed by atoms with van der Waals surface area (Å²) in [7, 11) is 0. The molecule has 1 aromatic carbocycles. The first-order chi connectivity index (χ1) is 19.9. The highest BCUT2D eigenvalue weighted by Crippen LogP contribution is 2.28. The minimum absolute atomic E-state index is 0.0161. The quantitative estimate of drug-likeness (QED) is 0.514. The lowest BCUT2D eigenvalue weighted by Crippen LogP contribution is -2.62. The summed E-state index contributed by atoms with van der Waals surface area (Å²) in [5, 5.41) is 9.05. The SMILES string of the molecule is CC(C)NC(=O)N[C@@H]1CC[C@H]2CCOc3ccccc3C(=O)N3CCN(CC4CCCCC4)C[C@H]3C(=O)NC[C@H]1O2. The average molecular weight is 570 g/mol. The Labute approximate surface area is 243 Å². The summed E-state index contributed by atoms with van der Waals surface area (Å²) >= 11 is 0. The predicted molar refractivity (Wildman–Crippen MR) is 156 cm³/mol. The molecule has 2 saturated heterocycles. The van der Waals surface area contributed by atoms with Crippen LogP contribution >= 0.6 is 0 Å². The summed E-state index contributed by atoms with van der Waals surface area (Å²) in [5.41, 5.74) is 0.492. The van der Waals surface area contributed by atoms with Crippen LogP contribution in [0, 0.1) is 5.92 Å². The van der Waals surface area contributed by atoms with Gasteiger partial charge in [0.15, 0.2) is 0 Å². The maximum atomic E-state index is 13.9. The molecular weight excluding hydrogens is 522 g/mol. The molecule has 1 saturated carbocycles.